The van der Waals surface area contributed by atoms with Crippen molar-refractivity contribution < 1.29 is 4.92 Å². The summed E-state index contributed by atoms with van der Waals surface area (Å²) in [5, 5.41) is 11.2. The van der Waals surface area contributed by atoms with Crippen molar-refractivity contribution in [2.75, 3.05) is 0 Å². The lowest BCUT2D eigenvalue weighted by atomic mass is 9.90. The van der Waals surface area contributed by atoms with Gasteiger partial charge in [0, 0.05) is 11.1 Å². The molecule has 3 nitrogen and oxygen atoms in total. The number of nitro groups is 1. The Kier molecular flexibility index (Phi) is 4.05. The van der Waals surface area contributed by atoms with Crippen LogP contribution in [0.15, 0.2) is 6.07 Å². The first kappa shape index (κ1) is 12.7. The molecule has 0 aromatic heterocycles. The van der Waals surface area contributed by atoms with Gasteiger partial charge in [0.15, 0.2) is 0 Å². The Bertz CT molecular complexity index is 399. The van der Waals surface area contributed by atoms with E-state index in [2.05, 4.69) is 6.07 Å². The molecule has 1 aromatic carbocycles. The van der Waals surface area contributed by atoms with Crippen LogP contribution in [0.3, 0.4) is 0 Å². The fraction of sp³-hybridized carbons (Fsp3) is 0.538. The van der Waals surface area contributed by atoms with Crippen molar-refractivity contribution in [2.45, 2.75) is 46.5 Å². The number of aryl methyl sites for hydroxylation is 2. The Morgan fingerprint density at radius 1 is 1.50 bits per heavy atom. The van der Waals surface area contributed by atoms with Crippen LogP contribution in [-0.4, -0.2) is 4.92 Å². The normalized spacial score (nSPS) is 12.5. The largest absolute Gasteiger partial charge is 0.276 e. The zero-order chi connectivity index (χ0) is 12.3. The van der Waals surface area contributed by atoms with Gasteiger partial charge < -0.3 is 0 Å². The second-order valence-corrected chi connectivity index (χ2v) is 4.12. The number of hydrogen-bond donors (Lipinski definition) is 0. The van der Waals surface area contributed by atoms with Crippen molar-refractivity contribution in [3.8, 4) is 0 Å². The first-order valence-electron chi connectivity index (χ1n) is 5.71. The summed E-state index contributed by atoms with van der Waals surface area (Å²) in [6.45, 7) is 7.91. The highest BCUT2D eigenvalue weighted by molar-refractivity contribution is 5.52. The van der Waals surface area contributed by atoms with Crippen LogP contribution in [0.2, 0.25) is 0 Å². The molecule has 0 aliphatic rings. The van der Waals surface area contributed by atoms with Crippen LogP contribution in [0.5, 0.6) is 0 Å². The zero-order valence-corrected chi connectivity index (χ0v) is 10.3. The lowest BCUT2D eigenvalue weighted by Crippen LogP contribution is -2.05. The summed E-state index contributed by atoms with van der Waals surface area (Å²) < 4.78 is 0. The fourth-order valence-corrected chi connectivity index (χ4v) is 1.98. The van der Waals surface area contributed by atoms with Gasteiger partial charge >= 0.3 is 0 Å². The molecule has 16 heavy (non-hydrogen) atoms. The van der Waals surface area contributed by atoms with Gasteiger partial charge in [0.05, 0.1) is 4.92 Å². The average Bonchev–Trinajstić information content (AvgIpc) is 2.27. The van der Waals surface area contributed by atoms with Crippen LogP contribution in [0.1, 0.15) is 49.8 Å². The Labute approximate surface area is 96.6 Å². The van der Waals surface area contributed by atoms with E-state index in [1.807, 2.05) is 27.7 Å². The minimum absolute atomic E-state index is 0.211. The van der Waals surface area contributed by atoms with Crippen molar-refractivity contribution in [3.63, 3.8) is 0 Å². The molecule has 87 valence electrons. The van der Waals surface area contributed by atoms with Crippen molar-refractivity contribution in [3.05, 3.63) is 38.9 Å². The number of benzene rings is 1. The van der Waals surface area contributed by atoms with E-state index in [4.69, 9.17) is 0 Å². The third-order valence-corrected chi connectivity index (χ3v) is 3.09. The van der Waals surface area contributed by atoms with Gasteiger partial charge in [-0.3, -0.25) is 10.1 Å². The molecule has 1 atom stereocenters. The predicted molar refractivity (Wildman–Crippen MR) is 64.8 cm³/mol. The predicted octanol–water partition coefficient (Wildman–Crippen LogP) is 3.78. The Hall–Kier alpha value is -1.38. The SMILES string of the molecule is CCc1c[c]c(C)c(C(C)CC)c1[N+](=O)[O-]. The van der Waals surface area contributed by atoms with Crippen molar-refractivity contribution in [1.82, 2.24) is 0 Å². The lowest BCUT2D eigenvalue weighted by Gasteiger charge is -2.14. The van der Waals surface area contributed by atoms with Gasteiger partial charge in [0.2, 0.25) is 0 Å². The molecule has 0 spiro atoms. The van der Waals surface area contributed by atoms with Crippen LogP contribution in [0.4, 0.5) is 5.69 Å². The minimum Gasteiger partial charge on any atom is -0.258 e. The standard InChI is InChI=1S/C13H18NO2/c1-5-9(3)12-10(4)7-8-11(6-2)13(12)14(15)16/h8-9H,5-6H2,1-4H3. The van der Waals surface area contributed by atoms with E-state index in [-0.39, 0.29) is 10.8 Å². The van der Waals surface area contributed by atoms with Crippen LogP contribution in [0.25, 0.3) is 0 Å². The molecule has 1 unspecified atom stereocenters. The highest BCUT2D eigenvalue weighted by Crippen LogP contribution is 2.34. The summed E-state index contributed by atoms with van der Waals surface area (Å²) >= 11 is 0. The van der Waals surface area contributed by atoms with Crippen molar-refractivity contribution in [2.24, 2.45) is 0 Å². The molecule has 0 fully saturated rings. The first-order chi connectivity index (χ1) is 7.52. The Morgan fingerprint density at radius 3 is 2.56 bits per heavy atom. The Balaban J connectivity index is 3.47. The van der Waals surface area contributed by atoms with Gasteiger partial charge in [-0.1, -0.05) is 20.8 Å². The molecule has 0 aliphatic carbocycles. The second-order valence-electron chi connectivity index (χ2n) is 4.12. The van der Waals surface area contributed by atoms with Gasteiger partial charge in [-0.05, 0) is 43.4 Å². The Morgan fingerprint density at radius 2 is 2.12 bits per heavy atom. The van der Waals surface area contributed by atoms with Gasteiger partial charge in [-0.25, -0.2) is 0 Å². The molecule has 0 bridgehead atoms. The van der Waals surface area contributed by atoms with Crippen LogP contribution in [0, 0.1) is 23.1 Å². The van der Waals surface area contributed by atoms with Gasteiger partial charge in [-0.2, -0.15) is 0 Å². The minimum atomic E-state index is -0.249. The topological polar surface area (TPSA) is 43.1 Å². The first-order valence-corrected chi connectivity index (χ1v) is 5.71. The molecule has 3 heteroatoms. The number of nitrogens with zero attached hydrogens (tertiary/aromatic N) is 1. The molecule has 0 amide bonds. The number of rotatable bonds is 4. The number of hydrogen-bond acceptors (Lipinski definition) is 2. The van der Waals surface area contributed by atoms with Gasteiger partial charge in [-0.15, -0.1) is 0 Å². The summed E-state index contributed by atoms with van der Waals surface area (Å²) in [6.07, 6.45) is 1.58. The molecule has 0 saturated carbocycles. The quantitative estimate of drug-likeness (QED) is 0.572. The van der Waals surface area contributed by atoms with E-state index in [1.54, 1.807) is 6.07 Å². The third kappa shape index (κ3) is 2.23. The third-order valence-electron chi connectivity index (χ3n) is 3.09. The van der Waals surface area contributed by atoms with Crippen LogP contribution >= 0.6 is 0 Å². The zero-order valence-electron chi connectivity index (χ0n) is 10.3. The van der Waals surface area contributed by atoms with Gasteiger partial charge in [0.25, 0.3) is 5.69 Å². The summed E-state index contributed by atoms with van der Waals surface area (Å²) in [5.74, 6) is 0.211. The van der Waals surface area contributed by atoms with Crippen LogP contribution < -0.4 is 0 Å². The second kappa shape index (κ2) is 5.10. The monoisotopic (exact) mass is 220 g/mol. The molecule has 0 saturated heterocycles. The van der Waals surface area contributed by atoms with E-state index < -0.39 is 0 Å². The molecule has 1 rings (SSSR count). The molecule has 0 heterocycles. The maximum absolute atomic E-state index is 11.2. The number of nitro benzene ring substituents is 1. The van der Waals surface area contributed by atoms with E-state index in [9.17, 15) is 10.1 Å². The van der Waals surface area contributed by atoms with Gasteiger partial charge in [0.1, 0.15) is 0 Å². The maximum atomic E-state index is 11.2. The summed E-state index contributed by atoms with van der Waals surface area (Å²) in [6, 6.07) is 4.87. The molecular weight excluding hydrogens is 202 g/mol. The van der Waals surface area contributed by atoms with E-state index in [0.717, 1.165) is 23.1 Å². The molecular formula is C13H18NO2. The van der Waals surface area contributed by atoms with Crippen molar-refractivity contribution in [1.29, 1.82) is 0 Å². The highest BCUT2D eigenvalue weighted by Gasteiger charge is 2.23. The maximum Gasteiger partial charge on any atom is 0.276 e. The summed E-state index contributed by atoms with van der Waals surface area (Å²) in [5.41, 5.74) is 2.84. The van der Waals surface area contributed by atoms with Crippen LogP contribution in [-0.2, 0) is 6.42 Å². The van der Waals surface area contributed by atoms with E-state index in [0.29, 0.717) is 12.1 Å². The molecule has 1 radical (unpaired) electrons. The van der Waals surface area contributed by atoms with Crippen molar-refractivity contribution >= 4 is 5.69 Å². The average molecular weight is 220 g/mol. The molecule has 0 aliphatic heterocycles. The summed E-state index contributed by atoms with van der Waals surface area (Å²) in [4.78, 5) is 10.9. The lowest BCUT2D eigenvalue weighted by molar-refractivity contribution is -0.386. The molecule has 0 N–H and O–H groups in total. The smallest absolute Gasteiger partial charge is 0.258 e. The summed E-state index contributed by atoms with van der Waals surface area (Å²) in [7, 11) is 0. The van der Waals surface area contributed by atoms with E-state index >= 15 is 0 Å². The van der Waals surface area contributed by atoms with E-state index in [1.165, 1.54) is 0 Å². The molecule has 1 aromatic rings. The fourth-order valence-electron chi connectivity index (χ4n) is 1.98. The highest BCUT2D eigenvalue weighted by atomic mass is 16.6.